The summed E-state index contributed by atoms with van der Waals surface area (Å²) in [6.45, 7) is 0.740. The van der Waals surface area contributed by atoms with E-state index >= 15 is 0 Å². The minimum atomic E-state index is 0.0130. The first kappa shape index (κ1) is 6.79. The molecule has 1 aliphatic rings. The second kappa shape index (κ2) is 2.30. The van der Waals surface area contributed by atoms with Gasteiger partial charge in [-0.3, -0.25) is 4.79 Å². The first-order valence-corrected chi connectivity index (χ1v) is 3.85. The van der Waals surface area contributed by atoms with Crippen LogP contribution in [0.4, 0.5) is 0 Å². The molecule has 58 valence electrons. The van der Waals surface area contributed by atoms with E-state index in [9.17, 15) is 4.79 Å². The maximum Gasteiger partial charge on any atom is 0.253 e. The lowest BCUT2D eigenvalue weighted by Gasteiger charge is -2.10. The molecule has 3 nitrogen and oxygen atoms in total. The molecule has 0 aromatic carbocycles. The van der Waals surface area contributed by atoms with E-state index in [2.05, 4.69) is 18.1 Å². The van der Waals surface area contributed by atoms with E-state index in [0.29, 0.717) is 0 Å². The molecule has 0 unspecified atom stereocenters. The summed E-state index contributed by atoms with van der Waals surface area (Å²) in [5.74, 6) is 0.0130. The van der Waals surface area contributed by atoms with Gasteiger partial charge in [0.2, 0.25) is 0 Å². The number of aromatic nitrogens is 1. The van der Waals surface area contributed by atoms with Gasteiger partial charge in [-0.25, -0.2) is 0 Å². The van der Waals surface area contributed by atoms with E-state index in [0.717, 1.165) is 24.1 Å². The van der Waals surface area contributed by atoms with Crippen LogP contribution in [0, 0.1) is 0 Å². The number of thiol groups is 1. The number of nitrogens with zero attached hydrogens (tertiary/aromatic N) is 1. The fourth-order valence-electron chi connectivity index (χ4n) is 1.29. The Morgan fingerprint density at radius 1 is 1.55 bits per heavy atom. The molecule has 11 heavy (non-hydrogen) atoms. The third kappa shape index (κ3) is 1.03. The number of nitrogens with one attached hydrogen (secondary N) is 1. The van der Waals surface area contributed by atoms with Crippen LogP contribution in [0.25, 0.3) is 0 Å². The highest BCUT2D eigenvalue weighted by molar-refractivity contribution is 7.78. The number of fused-ring (bicyclic) bond motifs is 1. The summed E-state index contributed by atoms with van der Waals surface area (Å²) in [5.41, 5.74) is 1.84. The average Bonchev–Trinajstić information content (AvgIpc) is 2.31. The van der Waals surface area contributed by atoms with Crippen molar-refractivity contribution in [2.24, 2.45) is 0 Å². The van der Waals surface area contributed by atoms with Gasteiger partial charge in [-0.05, 0) is 12.0 Å². The zero-order chi connectivity index (χ0) is 7.84. The van der Waals surface area contributed by atoms with Gasteiger partial charge < -0.3 is 9.29 Å². The Labute approximate surface area is 69.9 Å². The summed E-state index contributed by atoms with van der Waals surface area (Å²) >= 11 is 4.09. The van der Waals surface area contributed by atoms with Gasteiger partial charge in [-0.2, -0.15) is 0 Å². The Morgan fingerprint density at radius 2 is 2.36 bits per heavy atom. The predicted octanol–water partition coefficient (Wildman–Crippen LogP) is 0.467. The lowest BCUT2D eigenvalue weighted by Crippen LogP contribution is -2.30. The second-order valence-electron chi connectivity index (χ2n) is 2.58. The van der Waals surface area contributed by atoms with Gasteiger partial charge in [0, 0.05) is 18.9 Å². The fraction of sp³-hybridized carbons (Fsp3) is 0.286. The first-order chi connectivity index (χ1) is 5.27. The highest BCUT2D eigenvalue weighted by atomic mass is 32.1. The molecule has 0 radical (unpaired) electrons. The molecule has 0 saturated carbocycles. The van der Waals surface area contributed by atoms with Crippen LogP contribution in [0.5, 0.6) is 0 Å². The largest absolute Gasteiger partial charge is 0.352 e. The van der Waals surface area contributed by atoms with Crippen LogP contribution < -0.4 is 5.32 Å². The molecule has 0 atom stereocenters. The Kier molecular flexibility index (Phi) is 1.42. The Balaban J connectivity index is 2.52. The first-order valence-electron chi connectivity index (χ1n) is 3.45. The van der Waals surface area contributed by atoms with Crippen LogP contribution in [-0.2, 0) is 6.42 Å². The molecule has 1 aromatic heterocycles. The SMILES string of the molecule is O=C1NCCc2cn(S)cc21. The standard InChI is InChI=1S/C7H8N2OS/c10-7-6-4-9(11)3-5(6)1-2-8-7/h3-4,11H,1-2H2,(H,8,10). The van der Waals surface area contributed by atoms with E-state index in [1.165, 1.54) is 0 Å². The molecule has 0 spiro atoms. The van der Waals surface area contributed by atoms with Gasteiger partial charge in [0.05, 0.1) is 5.56 Å². The van der Waals surface area contributed by atoms with Gasteiger partial charge in [-0.15, -0.1) is 0 Å². The zero-order valence-corrected chi connectivity index (χ0v) is 6.77. The molecule has 2 heterocycles. The molecular weight excluding hydrogens is 160 g/mol. The van der Waals surface area contributed by atoms with Crippen molar-refractivity contribution in [1.82, 2.24) is 9.29 Å². The quantitative estimate of drug-likeness (QED) is 0.542. The minimum Gasteiger partial charge on any atom is -0.352 e. The summed E-state index contributed by atoms with van der Waals surface area (Å²) in [6, 6.07) is 0. The third-order valence-corrected chi connectivity index (χ3v) is 2.05. The van der Waals surface area contributed by atoms with E-state index < -0.39 is 0 Å². The molecule has 0 saturated heterocycles. The van der Waals surface area contributed by atoms with E-state index in [-0.39, 0.29) is 5.91 Å². The van der Waals surface area contributed by atoms with Gasteiger partial charge in [0.1, 0.15) is 0 Å². The van der Waals surface area contributed by atoms with Crippen molar-refractivity contribution in [3.8, 4) is 0 Å². The average molecular weight is 168 g/mol. The lowest BCUT2D eigenvalue weighted by atomic mass is 10.1. The van der Waals surface area contributed by atoms with Crippen LogP contribution >= 0.6 is 12.8 Å². The molecule has 2 rings (SSSR count). The molecule has 0 bridgehead atoms. The van der Waals surface area contributed by atoms with Crippen molar-refractivity contribution in [1.29, 1.82) is 0 Å². The van der Waals surface area contributed by atoms with E-state index in [1.807, 2.05) is 6.20 Å². The molecule has 1 N–H and O–H groups in total. The Hall–Kier alpha value is -0.900. The highest BCUT2D eigenvalue weighted by Crippen LogP contribution is 2.14. The second-order valence-corrected chi connectivity index (χ2v) is 3.04. The minimum absolute atomic E-state index is 0.0130. The van der Waals surface area contributed by atoms with Crippen molar-refractivity contribution in [2.75, 3.05) is 6.54 Å². The Morgan fingerprint density at radius 3 is 3.09 bits per heavy atom. The van der Waals surface area contributed by atoms with E-state index in [4.69, 9.17) is 0 Å². The number of hydrogen-bond donors (Lipinski definition) is 2. The number of carbonyl (C=O) groups is 1. The van der Waals surface area contributed by atoms with E-state index in [1.54, 1.807) is 10.2 Å². The van der Waals surface area contributed by atoms with Crippen molar-refractivity contribution in [2.45, 2.75) is 6.42 Å². The summed E-state index contributed by atoms with van der Waals surface area (Å²) in [4.78, 5) is 11.1. The maximum atomic E-state index is 11.1. The topological polar surface area (TPSA) is 34.0 Å². The molecule has 0 aliphatic carbocycles. The van der Waals surface area contributed by atoms with Gasteiger partial charge in [-0.1, -0.05) is 12.8 Å². The monoisotopic (exact) mass is 168 g/mol. The third-order valence-electron chi connectivity index (χ3n) is 1.82. The molecule has 1 aromatic rings. The van der Waals surface area contributed by atoms with Crippen molar-refractivity contribution >= 4 is 18.7 Å². The van der Waals surface area contributed by atoms with Crippen LogP contribution in [-0.4, -0.2) is 16.4 Å². The summed E-state index contributed by atoms with van der Waals surface area (Å²) < 4.78 is 1.62. The van der Waals surface area contributed by atoms with Gasteiger partial charge in [0.15, 0.2) is 0 Å². The number of rotatable bonds is 0. The number of hydrogen-bond acceptors (Lipinski definition) is 2. The zero-order valence-electron chi connectivity index (χ0n) is 5.87. The molecule has 1 amide bonds. The van der Waals surface area contributed by atoms with Gasteiger partial charge in [0.25, 0.3) is 5.91 Å². The Bertz CT molecular complexity index is 305. The number of carbonyl (C=O) groups excluding carboxylic acids is 1. The molecule has 1 aliphatic heterocycles. The molecule has 0 fully saturated rings. The van der Waals surface area contributed by atoms with Crippen molar-refractivity contribution < 1.29 is 4.79 Å². The highest BCUT2D eigenvalue weighted by Gasteiger charge is 2.17. The normalized spacial score (nSPS) is 15.9. The van der Waals surface area contributed by atoms with Crippen LogP contribution in [0.2, 0.25) is 0 Å². The van der Waals surface area contributed by atoms with Gasteiger partial charge >= 0.3 is 0 Å². The summed E-state index contributed by atoms with van der Waals surface area (Å²) in [7, 11) is 0. The van der Waals surface area contributed by atoms with Crippen LogP contribution in [0.1, 0.15) is 15.9 Å². The van der Waals surface area contributed by atoms with Crippen molar-refractivity contribution in [3.63, 3.8) is 0 Å². The smallest absolute Gasteiger partial charge is 0.253 e. The predicted molar refractivity (Wildman–Crippen MR) is 44.9 cm³/mol. The van der Waals surface area contributed by atoms with Crippen LogP contribution in [0.15, 0.2) is 12.4 Å². The molecular formula is C7H8N2OS. The number of amides is 1. The summed E-state index contributed by atoms with van der Waals surface area (Å²) in [6.07, 6.45) is 4.51. The lowest BCUT2D eigenvalue weighted by molar-refractivity contribution is 0.0946. The van der Waals surface area contributed by atoms with Crippen molar-refractivity contribution in [3.05, 3.63) is 23.5 Å². The molecule has 4 heteroatoms. The fourth-order valence-corrected chi connectivity index (χ4v) is 1.55. The summed E-state index contributed by atoms with van der Waals surface area (Å²) in [5, 5.41) is 2.77. The van der Waals surface area contributed by atoms with Crippen LogP contribution in [0.3, 0.4) is 0 Å². The maximum absolute atomic E-state index is 11.1.